The van der Waals surface area contributed by atoms with E-state index in [1.165, 1.54) is 0 Å². The standard InChI is InChI=1S/C13H11ClN2O4/c14-10-3-1-2-9(6-10)12(17)8-15-7-11(16(19)20)4-5-13(15)18/h1-7,12,17H,8H2. The van der Waals surface area contributed by atoms with Crippen LogP contribution in [-0.4, -0.2) is 14.6 Å². The maximum atomic E-state index is 11.6. The summed E-state index contributed by atoms with van der Waals surface area (Å²) in [6.07, 6.45) is 0.129. The molecule has 0 amide bonds. The van der Waals surface area contributed by atoms with Gasteiger partial charge < -0.3 is 9.67 Å². The molecular weight excluding hydrogens is 284 g/mol. The molecule has 7 heteroatoms. The summed E-state index contributed by atoms with van der Waals surface area (Å²) in [5.41, 5.74) is -0.0875. The SMILES string of the molecule is O=c1ccc([N+](=O)[O-])cn1CC(O)c1cccc(Cl)c1. The first-order chi connectivity index (χ1) is 9.47. The lowest BCUT2D eigenvalue weighted by Gasteiger charge is -2.13. The fourth-order valence-electron chi connectivity index (χ4n) is 1.77. The number of benzene rings is 1. The molecule has 1 unspecified atom stereocenters. The Kier molecular flexibility index (Phi) is 4.16. The van der Waals surface area contributed by atoms with Crippen molar-refractivity contribution in [3.8, 4) is 0 Å². The van der Waals surface area contributed by atoms with Crippen LogP contribution in [-0.2, 0) is 6.54 Å². The third-order valence-corrected chi connectivity index (χ3v) is 3.02. The van der Waals surface area contributed by atoms with E-state index < -0.39 is 16.6 Å². The van der Waals surface area contributed by atoms with Gasteiger partial charge in [-0.05, 0) is 17.7 Å². The summed E-state index contributed by atoms with van der Waals surface area (Å²) < 4.78 is 1.10. The second-order valence-corrected chi connectivity index (χ2v) is 4.64. The third kappa shape index (κ3) is 3.23. The zero-order chi connectivity index (χ0) is 14.7. The molecule has 0 aliphatic heterocycles. The Labute approximate surface area is 119 Å². The van der Waals surface area contributed by atoms with Gasteiger partial charge in [0, 0.05) is 17.2 Å². The molecule has 20 heavy (non-hydrogen) atoms. The first kappa shape index (κ1) is 14.2. The van der Waals surface area contributed by atoms with Crippen molar-refractivity contribution >= 4 is 17.3 Å². The van der Waals surface area contributed by atoms with Gasteiger partial charge in [0.25, 0.3) is 11.2 Å². The fraction of sp³-hybridized carbons (Fsp3) is 0.154. The zero-order valence-corrected chi connectivity index (χ0v) is 11.0. The summed E-state index contributed by atoms with van der Waals surface area (Å²) in [7, 11) is 0. The van der Waals surface area contributed by atoms with E-state index in [1.54, 1.807) is 24.3 Å². The van der Waals surface area contributed by atoms with Crippen molar-refractivity contribution in [1.29, 1.82) is 0 Å². The van der Waals surface area contributed by atoms with E-state index in [-0.39, 0.29) is 12.2 Å². The minimum Gasteiger partial charge on any atom is -0.387 e. The summed E-state index contributed by atoms with van der Waals surface area (Å²) in [5.74, 6) is 0. The number of aliphatic hydroxyl groups is 1. The molecule has 6 nitrogen and oxygen atoms in total. The molecule has 0 radical (unpaired) electrons. The van der Waals surface area contributed by atoms with Crippen molar-refractivity contribution in [1.82, 2.24) is 4.57 Å². The van der Waals surface area contributed by atoms with Crippen molar-refractivity contribution in [2.45, 2.75) is 12.6 Å². The van der Waals surface area contributed by atoms with Gasteiger partial charge in [0.05, 0.1) is 23.8 Å². The average Bonchev–Trinajstić information content (AvgIpc) is 2.41. The van der Waals surface area contributed by atoms with Gasteiger partial charge in [-0.3, -0.25) is 14.9 Å². The number of halogens is 1. The van der Waals surface area contributed by atoms with Crippen LogP contribution in [0.15, 0.2) is 47.4 Å². The molecule has 0 bridgehead atoms. The quantitative estimate of drug-likeness (QED) is 0.691. The Hall–Kier alpha value is -2.18. The third-order valence-electron chi connectivity index (χ3n) is 2.78. The Morgan fingerprint density at radius 3 is 2.75 bits per heavy atom. The van der Waals surface area contributed by atoms with Crippen LogP contribution in [0.25, 0.3) is 0 Å². The van der Waals surface area contributed by atoms with Crippen LogP contribution in [0.5, 0.6) is 0 Å². The van der Waals surface area contributed by atoms with E-state index in [1.807, 2.05) is 0 Å². The Morgan fingerprint density at radius 2 is 2.10 bits per heavy atom. The number of aliphatic hydroxyl groups excluding tert-OH is 1. The molecule has 1 heterocycles. The largest absolute Gasteiger partial charge is 0.387 e. The molecule has 0 aliphatic carbocycles. The van der Waals surface area contributed by atoms with Crippen LogP contribution in [0.1, 0.15) is 11.7 Å². The monoisotopic (exact) mass is 294 g/mol. The van der Waals surface area contributed by atoms with E-state index in [9.17, 15) is 20.0 Å². The summed E-state index contributed by atoms with van der Waals surface area (Å²) in [6.45, 7) is -0.0825. The molecular formula is C13H11ClN2O4. The lowest BCUT2D eigenvalue weighted by atomic mass is 10.1. The molecule has 0 spiro atoms. The number of nitrogens with zero attached hydrogens (tertiary/aromatic N) is 2. The van der Waals surface area contributed by atoms with Crippen molar-refractivity contribution in [2.24, 2.45) is 0 Å². The lowest BCUT2D eigenvalue weighted by molar-refractivity contribution is -0.385. The molecule has 0 aliphatic rings. The normalized spacial score (nSPS) is 12.1. The molecule has 0 saturated carbocycles. The van der Waals surface area contributed by atoms with Crippen molar-refractivity contribution in [3.05, 3.63) is 73.6 Å². The van der Waals surface area contributed by atoms with E-state index >= 15 is 0 Å². The highest BCUT2D eigenvalue weighted by atomic mass is 35.5. The van der Waals surface area contributed by atoms with Crippen LogP contribution in [0.2, 0.25) is 5.02 Å². The van der Waals surface area contributed by atoms with Crippen molar-refractivity contribution in [3.63, 3.8) is 0 Å². The summed E-state index contributed by atoms with van der Waals surface area (Å²) in [6, 6.07) is 8.81. The Balaban J connectivity index is 2.27. The van der Waals surface area contributed by atoms with Gasteiger partial charge in [0.2, 0.25) is 0 Å². The minimum atomic E-state index is -0.978. The van der Waals surface area contributed by atoms with E-state index in [0.717, 1.165) is 22.9 Å². The fourth-order valence-corrected chi connectivity index (χ4v) is 1.97. The van der Waals surface area contributed by atoms with Gasteiger partial charge in [-0.25, -0.2) is 0 Å². The summed E-state index contributed by atoms with van der Waals surface area (Å²) in [5, 5.41) is 21.2. The van der Waals surface area contributed by atoms with Gasteiger partial charge in [-0.15, -0.1) is 0 Å². The maximum absolute atomic E-state index is 11.6. The van der Waals surface area contributed by atoms with Gasteiger partial charge >= 0.3 is 0 Å². The predicted octanol–water partition coefficient (Wildman–Crippen LogP) is 2.14. The highest BCUT2D eigenvalue weighted by Gasteiger charge is 2.13. The van der Waals surface area contributed by atoms with Crippen LogP contribution in [0, 0.1) is 10.1 Å². The molecule has 104 valence electrons. The molecule has 1 aromatic carbocycles. The number of nitro groups is 1. The topological polar surface area (TPSA) is 85.4 Å². The Morgan fingerprint density at radius 1 is 1.35 bits per heavy atom. The number of hydrogen-bond acceptors (Lipinski definition) is 4. The molecule has 1 atom stereocenters. The molecule has 1 aromatic heterocycles. The molecule has 1 N–H and O–H groups in total. The van der Waals surface area contributed by atoms with E-state index in [0.29, 0.717) is 10.6 Å². The first-order valence-corrected chi connectivity index (χ1v) is 6.13. The van der Waals surface area contributed by atoms with Crippen LogP contribution < -0.4 is 5.56 Å². The van der Waals surface area contributed by atoms with Crippen LogP contribution >= 0.6 is 11.6 Å². The second-order valence-electron chi connectivity index (χ2n) is 4.21. The van der Waals surface area contributed by atoms with Crippen molar-refractivity contribution in [2.75, 3.05) is 0 Å². The molecule has 2 rings (SSSR count). The van der Waals surface area contributed by atoms with Crippen LogP contribution in [0.4, 0.5) is 5.69 Å². The van der Waals surface area contributed by atoms with Gasteiger partial charge in [-0.2, -0.15) is 0 Å². The number of aromatic nitrogens is 1. The molecule has 0 fully saturated rings. The lowest BCUT2D eigenvalue weighted by Crippen LogP contribution is -2.22. The molecule has 2 aromatic rings. The maximum Gasteiger partial charge on any atom is 0.285 e. The summed E-state index contributed by atoms with van der Waals surface area (Å²) >= 11 is 5.82. The highest BCUT2D eigenvalue weighted by molar-refractivity contribution is 6.30. The van der Waals surface area contributed by atoms with Gasteiger partial charge in [-0.1, -0.05) is 23.7 Å². The van der Waals surface area contributed by atoms with E-state index in [2.05, 4.69) is 0 Å². The first-order valence-electron chi connectivity index (χ1n) is 5.76. The number of pyridine rings is 1. The van der Waals surface area contributed by atoms with Gasteiger partial charge in [0.1, 0.15) is 0 Å². The highest BCUT2D eigenvalue weighted by Crippen LogP contribution is 2.19. The molecule has 0 saturated heterocycles. The zero-order valence-electron chi connectivity index (χ0n) is 10.3. The van der Waals surface area contributed by atoms with E-state index in [4.69, 9.17) is 11.6 Å². The number of rotatable bonds is 4. The van der Waals surface area contributed by atoms with Crippen LogP contribution in [0.3, 0.4) is 0 Å². The average molecular weight is 295 g/mol. The number of hydrogen-bond donors (Lipinski definition) is 1. The van der Waals surface area contributed by atoms with Crippen molar-refractivity contribution < 1.29 is 10.0 Å². The Bertz CT molecular complexity index is 699. The smallest absolute Gasteiger partial charge is 0.285 e. The second kappa shape index (κ2) is 5.85. The minimum absolute atomic E-state index is 0.0825. The van der Waals surface area contributed by atoms with Gasteiger partial charge in [0.15, 0.2) is 0 Å². The predicted molar refractivity (Wildman–Crippen MR) is 73.8 cm³/mol. The summed E-state index contributed by atoms with van der Waals surface area (Å²) in [4.78, 5) is 21.7.